The Balaban J connectivity index is 1.79. The van der Waals surface area contributed by atoms with E-state index in [1.54, 1.807) is 30.3 Å². The average molecular weight is 397 g/mol. The van der Waals surface area contributed by atoms with Crippen LogP contribution in [0.5, 0.6) is 11.5 Å². The van der Waals surface area contributed by atoms with Crippen LogP contribution in [0.2, 0.25) is 0 Å². The first-order valence-corrected chi connectivity index (χ1v) is 8.60. The van der Waals surface area contributed by atoms with Crippen molar-refractivity contribution < 1.29 is 18.7 Å². The lowest BCUT2D eigenvalue weighted by molar-refractivity contribution is 0.215. The van der Waals surface area contributed by atoms with Crippen LogP contribution < -0.4 is 20.5 Å². The standard InChI is InChI=1S/C20H20FN5O3/c1-27-18-9-15(26-20-16(10-25-28-2)19(22)23-12-24-20)6-7-17(18)29-11-13-4-3-5-14(21)8-13/h3-10,12H,11H2,1-2H3,(H3,22,23,24,26). The van der Waals surface area contributed by atoms with Gasteiger partial charge < -0.3 is 25.4 Å². The van der Waals surface area contributed by atoms with Crippen molar-refractivity contribution in [3.05, 3.63) is 65.7 Å². The first-order valence-electron chi connectivity index (χ1n) is 8.60. The number of anilines is 3. The largest absolute Gasteiger partial charge is 0.493 e. The zero-order valence-corrected chi connectivity index (χ0v) is 15.9. The fourth-order valence-corrected chi connectivity index (χ4v) is 2.53. The lowest BCUT2D eigenvalue weighted by atomic mass is 10.2. The Bertz CT molecular complexity index is 1010. The van der Waals surface area contributed by atoms with Crippen LogP contribution in [0, 0.1) is 5.82 Å². The van der Waals surface area contributed by atoms with Crippen molar-refractivity contribution in [3.8, 4) is 11.5 Å². The molecule has 29 heavy (non-hydrogen) atoms. The molecule has 0 unspecified atom stereocenters. The summed E-state index contributed by atoms with van der Waals surface area (Å²) >= 11 is 0. The number of hydrogen-bond acceptors (Lipinski definition) is 8. The number of rotatable bonds is 8. The molecule has 0 atom stereocenters. The maximum atomic E-state index is 13.3. The highest BCUT2D eigenvalue weighted by atomic mass is 19.1. The third-order valence-electron chi connectivity index (χ3n) is 3.91. The molecule has 0 aliphatic rings. The van der Waals surface area contributed by atoms with Crippen LogP contribution in [0.4, 0.5) is 21.7 Å². The van der Waals surface area contributed by atoms with Gasteiger partial charge in [-0.25, -0.2) is 14.4 Å². The van der Waals surface area contributed by atoms with E-state index in [9.17, 15) is 4.39 Å². The monoisotopic (exact) mass is 397 g/mol. The van der Waals surface area contributed by atoms with Crippen LogP contribution >= 0.6 is 0 Å². The molecule has 0 radical (unpaired) electrons. The van der Waals surface area contributed by atoms with Crippen molar-refractivity contribution in [3.63, 3.8) is 0 Å². The molecule has 1 aromatic heterocycles. The number of benzene rings is 2. The lowest BCUT2D eigenvalue weighted by Gasteiger charge is -2.14. The highest BCUT2D eigenvalue weighted by Crippen LogP contribution is 2.32. The van der Waals surface area contributed by atoms with Gasteiger partial charge in [0, 0.05) is 11.8 Å². The van der Waals surface area contributed by atoms with E-state index < -0.39 is 0 Å². The smallest absolute Gasteiger partial charge is 0.162 e. The minimum Gasteiger partial charge on any atom is -0.493 e. The molecule has 2 aromatic carbocycles. The Kier molecular flexibility index (Phi) is 6.41. The molecule has 0 saturated heterocycles. The number of nitrogens with one attached hydrogen (secondary N) is 1. The van der Waals surface area contributed by atoms with Crippen molar-refractivity contribution in [2.75, 3.05) is 25.3 Å². The van der Waals surface area contributed by atoms with Crippen molar-refractivity contribution >= 4 is 23.5 Å². The molecule has 150 valence electrons. The number of hydrogen-bond donors (Lipinski definition) is 2. The molecule has 1 heterocycles. The summed E-state index contributed by atoms with van der Waals surface area (Å²) in [4.78, 5) is 12.8. The number of ether oxygens (including phenoxy) is 2. The molecule has 0 fully saturated rings. The zero-order chi connectivity index (χ0) is 20.6. The van der Waals surface area contributed by atoms with Crippen LogP contribution in [0.15, 0.2) is 53.9 Å². The number of nitrogens with two attached hydrogens (primary N) is 1. The van der Waals surface area contributed by atoms with Crippen LogP contribution in [-0.2, 0) is 11.4 Å². The predicted octanol–water partition coefficient (Wildman–Crippen LogP) is 3.51. The van der Waals surface area contributed by atoms with Gasteiger partial charge >= 0.3 is 0 Å². The molecule has 3 rings (SSSR count). The summed E-state index contributed by atoms with van der Waals surface area (Å²) in [6.45, 7) is 0.209. The van der Waals surface area contributed by atoms with Gasteiger partial charge in [-0.05, 0) is 29.8 Å². The quantitative estimate of drug-likeness (QED) is 0.443. The third-order valence-corrected chi connectivity index (χ3v) is 3.91. The normalized spacial score (nSPS) is 10.7. The summed E-state index contributed by atoms with van der Waals surface area (Å²) in [6.07, 6.45) is 2.76. The maximum Gasteiger partial charge on any atom is 0.162 e. The molecule has 3 aromatic rings. The second kappa shape index (κ2) is 9.36. The van der Waals surface area contributed by atoms with E-state index in [4.69, 9.17) is 20.0 Å². The second-order valence-electron chi connectivity index (χ2n) is 5.85. The zero-order valence-electron chi connectivity index (χ0n) is 15.9. The van der Waals surface area contributed by atoms with Gasteiger partial charge in [0.05, 0.1) is 18.9 Å². The summed E-state index contributed by atoms with van der Waals surface area (Å²) in [5.74, 6) is 1.42. The van der Waals surface area contributed by atoms with E-state index in [0.29, 0.717) is 34.1 Å². The van der Waals surface area contributed by atoms with Crippen LogP contribution in [0.1, 0.15) is 11.1 Å². The Morgan fingerprint density at radius 2 is 2.00 bits per heavy atom. The number of oxime groups is 1. The summed E-state index contributed by atoms with van der Waals surface area (Å²) in [7, 11) is 2.96. The van der Waals surface area contributed by atoms with Gasteiger partial charge in [-0.15, -0.1) is 0 Å². The van der Waals surface area contributed by atoms with Gasteiger partial charge in [0.2, 0.25) is 0 Å². The van der Waals surface area contributed by atoms with Crippen LogP contribution in [0.3, 0.4) is 0 Å². The maximum absolute atomic E-state index is 13.3. The molecule has 8 nitrogen and oxygen atoms in total. The van der Waals surface area contributed by atoms with Gasteiger partial charge in [-0.1, -0.05) is 17.3 Å². The molecular weight excluding hydrogens is 377 g/mol. The predicted molar refractivity (Wildman–Crippen MR) is 108 cm³/mol. The molecule has 0 amide bonds. The SMILES string of the molecule is CON=Cc1c(N)ncnc1Nc1ccc(OCc2cccc(F)c2)c(OC)c1. The van der Waals surface area contributed by atoms with E-state index in [0.717, 1.165) is 0 Å². The molecular formula is C20H20FN5O3. The Morgan fingerprint density at radius 1 is 1.14 bits per heavy atom. The number of aromatic nitrogens is 2. The number of nitrogen functional groups attached to an aromatic ring is 1. The Morgan fingerprint density at radius 3 is 2.76 bits per heavy atom. The molecule has 0 bridgehead atoms. The van der Waals surface area contributed by atoms with Gasteiger partial charge in [-0.2, -0.15) is 0 Å². The average Bonchev–Trinajstić information content (AvgIpc) is 2.72. The third kappa shape index (κ3) is 5.10. The summed E-state index contributed by atoms with van der Waals surface area (Å²) in [5, 5.41) is 6.86. The Labute approximate surface area is 167 Å². The van der Waals surface area contributed by atoms with Gasteiger partial charge in [-0.3, -0.25) is 0 Å². The minimum atomic E-state index is -0.311. The highest BCUT2D eigenvalue weighted by Gasteiger charge is 2.11. The van der Waals surface area contributed by atoms with E-state index >= 15 is 0 Å². The fourth-order valence-electron chi connectivity index (χ4n) is 2.53. The highest BCUT2D eigenvalue weighted by molar-refractivity contribution is 5.92. The molecule has 0 saturated carbocycles. The molecule has 0 aliphatic carbocycles. The van der Waals surface area contributed by atoms with Crippen molar-refractivity contribution in [1.82, 2.24) is 9.97 Å². The van der Waals surface area contributed by atoms with Crippen molar-refractivity contribution in [1.29, 1.82) is 0 Å². The van der Waals surface area contributed by atoms with Gasteiger partial charge in [0.25, 0.3) is 0 Å². The van der Waals surface area contributed by atoms with E-state index in [-0.39, 0.29) is 18.2 Å². The van der Waals surface area contributed by atoms with Crippen molar-refractivity contribution in [2.45, 2.75) is 6.61 Å². The van der Waals surface area contributed by atoms with E-state index in [1.165, 1.54) is 38.9 Å². The minimum absolute atomic E-state index is 0.209. The fraction of sp³-hybridized carbons (Fsp3) is 0.150. The van der Waals surface area contributed by atoms with Gasteiger partial charge in [0.1, 0.15) is 37.5 Å². The molecule has 9 heteroatoms. The van der Waals surface area contributed by atoms with Crippen molar-refractivity contribution in [2.24, 2.45) is 5.16 Å². The lowest BCUT2D eigenvalue weighted by Crippen LogP contribution is -2.05. The summed E-state index contributed by atoms with van der Waals surface area (Å²) < 4.78 is 24.5. The number of methoxy groups -OCH3 is 1. The van der Waals surface area contributed by atoms with Crippen LogP contribution in [0.25, 0.3) is 0 Å². The van der Waals surface area contributed by atoms with E-state index in [1.807, 2.05) is 0 Å². The van der Waals surface area contributed by atoms with Gasteiger partial charge in [0.15, 0.2) is 11.5 Å². The molecule has 0 spiro atoms. The second-order valence-corrected chi connectivity index (χ2v) is 5.85. The Hall–Kier alpha value is -3.88. The molecule has 0 aliphatic heterocycles. The first kappa shape index (κ1) is 19.9. The topological polar surface area (TPSA) is 104 Å². The number of nitrogens with zero attached hydrogens (tertiary/aromatic N) is 3. The number of halogens is 1. The first-order chi connectivity index (χ1) is 14.1. The molecule has 3 N–H and O–H groups in total. The summed E-state index contributed by atoms with van der Waals surface area (Å²) in [5.41, 5.74) is 7.78. The summed E-state index contributed by atoms with van der Waals surface area (Å²) in [6, 6.07) is 11.5. The van der Waals surface area contributed by atoms with E-state index in [2.05, 4.69) is 20.4 Å². The van der Waals surface area contributed by atoms with Crippen LogP contribution in [-0.4, -0.2) is 30.4 Å².